The van der Waals surface area contributed by atoms with Crippen LogP contribution in [0.5, 0.6) is 0 Å². The fourth-order valence-electron chi connectivity index (χ4n) is 4.43. The SMILES string of the molecule is O=C(COCC(=O)N1CCN(C(c2ccccc2)c2ccccc2)CC1)Nc1cc(Br)ccc1C(=O)O.[NaH]. The first-order chi connectivity index (χ1) is 17.9. The zero-order chi connectivity index (χ0) is 26.2. The Kier molecular flexibility index (Phi) is 11.5. The molecule has 2 N–H and O–H groups in total. The van der Waals surface area contributed by atoms with E-state index in [9.17, 15) is 19.5 Å². The molecule has 0 saturated carbocycles. The summed E-state index contributed by atoms with van der Waals surface area (Å²) in [4.78, 5) is 40.5. The summed E-state index contributed by atoms with van der Waals surface area (Å²) >= 11 is 3.26. The summed E-state index contributed by atoms with van der Waals surface area (Å²) in [6, 6.07) is 25.3. The van der Waals surface area contributed by atoms with Gasteiger partial charge in [0.25, 0.3) is 0 Å². The number of carboxylic acids is 1. The zero-order valence-corrected chi connectivity index (χ0v) is 21.8. The van der Waals surface area contributed by atoms with Crippen LogP contribution >= 0.6 is 15.9 Å². The number of carbonyl (C=O) groups excluding carboxylic acids is 2. The fraction of sp³-hybridized carbons (Fsp3) is 0.250. The van der Waals surface area contributed by atoms with Gasteiger partial charge in [0.05, 0.1) is 17.3 Å². The fourth-order valence-corrected chi connectivity index (χ4v) is 4.79. The summed E-state index contributed by atoms with van der Waals surface area (Å²) < 4.78 is 5.98. The minimum absolute atomic E-state index is 0. The van der Waals surface area contributed by atoms with Gasteiger partial charge in [0.15, 0.2) is 0 Å². The van der Waals surface area contributed by atoms with E-state index in [0.717, 1.165) is 0 Å². The second-order valence-corrected chi connectivity index (χ2v) is 9.59. The van der Waals surface area contributed by atoms with Gasteiger partial charge in [0.1, 0.15) is 13.2 Å². The monoisotopic (exact) mass is 589 g/mol. The summed E-state index contributed by atoms with van der Waals surface area (Å²) in [5, 5.41) is 11.8. The van der Waals surface area contributed by atoms with Gasteiger partial charge < -0.3 is 20.1 Å². The molecule has 1 fully saturated rings. The molecule has 0 radical (unpaired) electrons. The van der Waals surface area contributed by atoms with Crippen molar-refractivity contribution in [2.24, 2.45) is 0 Å². The van der Waals surface area contributed by atoms with Crippen molar-refractivity contribution in [2.45, 2.75) is 6.04 Å². The number of amides is 2. The molecule has 3 aromatic rings. The topological polar surface area (TPSA) is 99.2 Å². The number of carbonyl (C=O) groups is 3. The summed E-state index contributed by atoms with van der Waals surface area (Å²) in [5.74, 6) is -1.87. The third-order valence-corrected chi connectivity index (χ3v) is 6.70. The van der Waals surface area contributed by atoms with E-state index >= 15 is 0 Å². The Morgan fingerprint density at radius 2 is 1.45 bits per heavy atom. The number of nitrogens with zero attached hydrogens (tertiary/aromatic N) is 2. The van der Waals surface area contributed by atoms with Gasteiger partial charge >= 0.3 is 35.5 Å². The average molecular weight is 590 g/mol. The van der Waals surface area contributed by atoms with Crippen LogP contribution in [-0.2, 0) is 14.3 Å². The van der Waals surface area contributed by atoms with Crippen molar-refractivity contribution in [3.05, 3.63) is 100 Å². The van der Waals surface area contributed by atoms with Crippen molar-refractivity contribution in [2.75, 3.05) is 44.7 Å². The third-order valence-electron chi connectivity index (χ3n) is 6.21. The van der Waals surface area contributed by atoms with Crippen LogP contribution in [0.15, 0.2) is 83.3 Å². The average Bonchev–Trinajstić information content (AvgIpc) is 2.90. The molecular formula is C28H29BrN3NaO5. The number of benzene rings is 3. The number of halogens is 1. The zero-order valence-electron chi connectivity index (χ0n) is 20.2. The standard InChI is InChI=1S/C28H28BrN3O5.Na.H/c29-22-11-12-23(28(35)36)24(17-22)30-25(33)18-37-19-26(34)31-13-15-32(16-14-31)27(20-7-3-1-4-8-20)21-9-5-2-6-10-21;;/h1-12,17,27H,13-16,18-19H2,(H,30,33)(H,35,36);;. The maximum atomic E-state index is 12.7. The van der Waals surface area contributed by atoms with Crippen molar-refractivity contribution < 1.29 is 24.2 Å². The van der Waals surface area contributed by atoms with Gasteiger partial charge in [0, 0.05) is 30.7 Å². The Hall–Kier alpha value is -2.53. The Balaban J connectivity index is 0.00000400. The first-order valence-corrected chi connectivity index (χ1v) is 12.7. The van der Waals surface area contributed by atoms with Crippen molar-refractivity contribution in [1.29, 1.82) is 0 Å². The minimum atomic E-state index is -1.15. The second kappa shape index (κ2) is 14.6. The molecule has 1 heterocycles. The van der Waals surface area contributed by atoms with Gasteiger partial charge in [-0.05, 0) is 29.3 Å². The van der Waals surface area contributed by atoms with Gasteiger partial charge in [-0.25, -0.2) is 4.79 Å². The molecular weight excluding hydrogens is 561 g/mol. The van der Waals surface area contributed by atoms with Gasteiger partial charge in [-0.2, -0.15) is 0 Å². The Bertz CT molecular complexity index is 1200. The molecule has 0 aliphatic carbocycles. The molecule has 10 heteroatoms. The molecule has 8 nitrogen and oxygen atoms in total. The van der Waals surface area contributed by atoms with Crippen LogP contribution in [0.25, 0.3) is 0 Å². The number of carboxylic acid groups (broad SMARTS) is 1. The molecule has 0 unspecified atom stereocenters. The van der Waals surface area contributed by atoms with Crippen molar-refractivity contribution in [1.82, 2.24) is 9.80 Å². The molecule has 0 bridgehead atoms. The normalized spacial score (nSPS) is 13.6. The number of anilines is 1. The number of hydrogen-bond donors (Lipinski definition) is 2. The number of ether oxygens (including phenoxy) is 1. The Morgan fingerprint density at radius 1 is 0.868 bits per heavy atom. The molecule has 3 aromatic carbocycles. The predicted molar refractivity (Wildman–Crippen MR) is 151 cm³/mol. The van der Waals surface area contributed by atoms with Crippen molar-refractivity contribution >= 4 is 69.0 Å². The molecule has 1 aliphatic heterocycles. The van der Waals surface area contributed by atoms with Gasteiger partial charge in [-0.15, -0.1) is 0 Å². The first kappa shape index (κ1) is 30.0. The van der Waals surface area contributed by atoms with E-state index in [4.69, 9.17) is 4.74 Å². The maximum absolute atomic E-state index is 12.7. The molecule has 194 valence electrons. The number of rotatable bonds is 9. The van der Waals surface area contributed by atoms with E-state index in [2.05, 4.69) is 50.4 Å². The quantitative estimate of drug-likeness (QED) is 0.371. The molecule has 1 aliphatic rings. The molecule has 4 rings (SSSR count). The number of piperazine rings is 1. The van der Waals surface area contributed by atoms with Gasteiger partial charge in [-0.3, -0.25) is 14.5 Å². The molecule has 2 amide bonds. The van der Waals surface area contributed by atoms with Crippen LogP contribution in [0.2, 0.25) is 0 Å². The summed E-state index contributed by atoms with van der Waals surface area (Å²) in [6.07, 6.45) is 0. The third kappa shape index (κ3) is 7.99. The summed E-state index contributed by atoms with van der Waals surface area (Å²) in [7, 11) is 0. The molecule has 0 aromatic heterocycles. The van der Waals surface area contributed by atoms with Crippen LogP contribution in [0.3, 0.4) is 0 Å². The van der Waals surface area contributed by atoms with Gasteiger partial charge in [-0.1, -0.05) is 76.6 Å². The van der Waals surface area contributed by atoms with E-state index in [-0.39, 0.29) is 66.0 Å². The van der Waals surface area contributed by atoms with Crippen LogP contribution in [0.4, 0.5) is 5.69 Å². The van der Waals surface area contributed by atoms with E-state index in [1.165, 1.54) is 23.3 Å². The number of aromatic carboxylic acids is 1. The molecule has 38 heavy (non-hydrogen) atoms. The van der Waals surface area contributed by atoms with E-state index in [1.807, 2.05) is 36.4 Å². The Morgan fingerprint density at radius 3 is 2.00 bits per heavy atom. The van der Waals surface area contributed by atoms with Crippen LogP contribution < -0.4 is 5.32 Å². The number of nitrogens with one attached hydrogen (secondary N) is 1. The Labute approximate surface area is 252 Å². The van der Waals surface area contributed by atoms with Gasteiger partial charge in [0.2, 0.25) is 11.8 Å². The number of hydrogen-bond acceptors (Lipinski definition) is 5. The molecule has 0 atom stereocenters. The van der Waals surface area contributed by atoms with Crippen molar-refractivity contribution in [3.8, 4) is 0 Å². The predicted octanol–water partition coefficient (Wildman–Crippen LogP) is 3.39. The summed E-state index contributed by atoms with van der Waals surface area (Å²) in [5.41, 5.74) is 2.54. The van der Waals surface area contributed by atoms with Crippen LogP contribution in [0, 0.1) is 0 Å². The van der Waals surface area contributed by atoms with Crippen LogP contribution in [0.1, 0.15) is 27.5 Å². The summed E-state index contributed by atoms with van der Waals surface area (Å²) in [6.45, 7) is 1.96. The second-order valence-electron chi connectivity index (χ2n) is 8.68. The van der Waals surface area contributed by atoms with E-state index in [1.54, 1.807) is 11.0 Å². The molecule has 0 spiro atoms. The van der Waals surface area contributed by atoms with Crippen molar-refractivity contribution in [3.63, 3.8) is 0 Å². The van der Waals surface area contributed by atoms with E-state index in [0.29, 0.717) is 30.7 Å². The molecule has 1 saturated heterocycles. The first-order valence-electron chi connectivity index (χ1n) is 11.9. The van der Waals surface area contributed by atoms with Crippen LogP contribution in [-0.4, -0.2) is 102 Å². The van der Waals surface area contributed by atoms with E-state index < -0.39 is 11.9 Å².